The van der Waals surface area contributed by atoms with Gasteiger partial charge in [0.1, 0.15) is 5.75 Å². The number of carbonyl (C=O) groups is 1. The van der Waals surface area contributed by atoms with Crippen molar-refractivity contribution in [1.29, 1.82) is 0 Å². The molecule has 2 aromatic heterocycles. The quantitative estimate of drug-likeness (QED) is 0.384. The number of piperazine rings is 1. The van der Waals surface area contributed by atoms with Crippen molar-refractivity contribution in [3.8, 4) is 16.9 Å². The molecule has 5 aliphatic rings. The average molecular weight is 617 g/mol. The number of hydrogen-bond acceptors (Lipinski definition) is 9. The lowest BCUT2D eigenvalue weighted by Crippen LogP contribution is -2.51. The Morgan fingerprint density at radius 2 is 1.66 bits per heavy atom. The predicted molar refractivity (Wildman–Crippen MR) is 167 cm³/mol. The highest BCUT2D eigenvalue weighted by molar-refractivity contribution is 7.90. The third-order valence-corrected chi connectivity index (χ3v) is 11.7. The first-order valence-corrected chi connectivity index (χ1v) is 17.4. The molecule has 4 aliphatic carbocycles. The number of sulfonamides is 1. The summed E-state index contributed by atoms with van der Waals surface area (Å²) in [6.45, 7) is 6.14. The first kappa shape index (κ1) is 29.2. The molecular formula is C33H40N6O4S. The molecule has 0 atom stereocenters. The maximum Gasteiger partial charge on any atom is 0.285 e. The lowest BCUT2D eigenvalue weighted by atomic mass is 9.50. The van der Waals surface area contributed by atoms with Gasteiger partial charge in [0.05, 0.1) is 11.9 Å². The molecule has 232 valence electrons. The molecule has 4 bridgehead atoms. The van der Waals surface area contributed by atoms with E-state index in [-0.39, 0.29) is 22.6 Å². The van der Waals surface area contributed by atoms with Crippen molar-refractivity contribution >= 4 is 21.7 Å². The molecule has 11 heteroatoms. The fourth-order valence-electron chi connectivity index (χ4n) is 8.83. The maximum absolute atomic E-state index is 13.1. The molecule has 0 radical (unpaired) electrons. The van der Waals surface area contributed by atoms with E-state index in [4.69, 9.17) is 0 Å². The number of carbonyl (C=O) groups excluding carboxylic acids is 1. The van der Waals surface area contributed by atoms with Crippen molar-refractivity contribution in [3.63, 3.8) is 0 Å². The van der Waals surface area contributed by atoms with E-state index < -0.39 is 15.9 Å². The molecule has 1 aromatic carbocycles. The monoisotopic (exact) mass is 616 g/mol. The molecule has 5 fully saturated rings. The van der Waals surface area contributed by atoms with Gasteiger partial charge in [0, 0.05) is 44.5 Å². The topological polar surface area (TPSA) is 129 Å². The minimum atomic E-state index is -3.77. The standard InChI is InChI=1S/C33H40N6O4S/c1-22-10-23(2-3-29(22)27-14-28(40)19-34-18-27)20-38-6-8-39(9-7-38)31-5-4-30(35-36-31)32(41)37-44(42,43)21-33-15-24-11-25(16-33)13-26(12-24)17-33/h2-5,10,14,18-19,24-26,40H,6-9,11-13,15-17,20-21H2,1H3,(H,37,41). The molecule has 4 saturated carbocycles. The number of rotatable bonds is 8. The largest absolute Gasteiger partial charge is 0.506 e. The zero-order chi connectivity index (χ0) is 30.5. The normalized spacial score (nSPS) is 26.6. The van der Waals surface area contributed by atoms with Crippen LogP contribution in [0.25, 0.3) is 11.1 Å². The molecule has 8 rings (SSSR count). The number of nitrogens with zero attached hydrogens (tertiary/aromatic N) is 5. The van der Waals surface area contributed by atoms with Crippen LogP contribution in [0.2, 0.25) is 0 Å². The average Bonchev–Trinajstić information content (AvgIpc) is 2.96. The summed E-state index contributed by atoms with van der Waals surface area (Å²) in [5, 5.41) is 18.2. The van der Waals surface area contributed by atoms with Gasteiger partial charge < -0.3 is 10.0 Å². The lowest BCUT2D eigenvalue weighted by Gasteiger charge is -2.56. The Bertz CT molecular complexity index is 1620. The van der Waals surface area contributed by atoms with Crippen molar-refractivity contribution in [2.24, 2.45) is 23.2 Å². The Balaban J connectivity index is 0.914. The maximum atomic E-state index is 13.1. The summed E-state index contributed by atoms with van der Waals surface area (Å²) < 4.78 is 28.5. The van der Waals surface area contributed by atoms with Crippen molar-refractivity contribution in [3.05, 3.63) is 65.6 Å². The number of benzene rings is 1. The van der Waals surface area contributed by atoms with E-state index in [0.29, 0.717) is 23.6 Å². The van der Waals surface area contributed by atoms with E-state index in [1.165, 1.54) is 31.0 Å². The molecule has 0 spiro atoms. The van der Waals surface area contributed by atoms with Gasteiger partial charge in [0.15, 0.2) is 11.5 Å². The van der Waals surface area contributed by atoms with Gasteiger partial charge in [-0.25, -0.2) is 13.1 Å². The Kier molecular flexibility index (Phi) is 7.56. The second-order valence-corrected chi connectivity index (χ2v) is 15.5. The summed E-state index contributed by atoms with van der Waals surface area (Å²) in [6.07, 6.45) is 9.85. The highest BCUT2D eigenvalue weighted by atomic mass is 32.2. The van der Waals surface area contributed by atoms with Gasteiger partial charge >= 0.3 is 0 Å². The summed E-state index contributed by atoms with van der Waals surface area (Å²) >= 11 is 0. The Hall–Kier alpha value is -3.57. The fourth-order valence-corrected chi connectivity index (χ4v) is 10.4. The Morgan fingerprint density at radius 1 is 0.955 bits per heavy atom. The summed E-state index contributed by atoms with van der Waals surface area (Å²) in [6, 6.07) is 11.4. The Labute approximate surface area is 259 Å². The van der Waals surface area contributed by atoms with Crippen molar-refractivity contribution < 1.29 is 18.3 Å². The van der Waals surface area contributed by atoms with Gasteiger partial charge in [-0.3, -0.25) is 14.7 Å². The molecular weight excluding hydrogens is 576 g/mol. The second-order valence-electron chi connectivity index (χ2n) is 13.7. The number of aryl methyl sites for hydroxylation is 1. The SMILES string of the molecule is Cc1cc(CN2CCN(c3ccc(C(=O)NS(=O)(=O)CC45CC6CC(CC(C6)C4)C5)nn3)CC2)ccc1-c1cncc(O)c1. The van der Waals surface area contributed by atoms with E-state index in [1.54, 1.807) is 24.4 Å². The fraction of sp³-hybridized carbons (Fsp3) is 0.515. The number of amides is 1. The third-order valence-electron chi connectivity index (χ3n) is 10.2. The van der Waals surface area contributed by atoms with Crippen LogP contribution < -0.4 is 9.62 Å². The van der Waals surface area contributed by atoms with Gasteiger partial charge in [-0.2, -0.15) is 0 Å². The molecule has 3 aromatic rings. The van der Waals surface area contributed by atoms with Gasteiger partial charge in [0.25, 0.3) is 5.91 Å². The zero-order valence-electron chi connectivity index (χ0n) is 25.2. The van der Waals surface area contributed by atoms with Crippen molar-refractivity contribution in [1.82, 2.24) is 24.8 Å². The minimum Gasteiger partial charge on any atom is -0.506 e. The van der Waals surface area contributed by atoms with E-state index >= 15 is 0 Å². The number of anilines is 1. The molecule has 0 unspecified atom stereocenters. The number of aromatic hydroxyl groups is 1. The molecule has 10 nitrogen and oxygen atoms in total. The highest BCUT2D eigenvalue weighted by Gasteiger charge is 2.52. The summed E-state index contributed by atoms with van der Waals surface area (Å²) in [5.74, 6) is 2.11. The van der Waals surface area contributed by atoms with E-state index in [9.17, 15) is 18.3 Å². The molecule has 3 heterocycles. The van der Waals surface area contributed by atoms with Crippen LogP contribution in [0.15, 0.2) is 48.8 Å². The smallest absolute Gasteiger partial charge is 0.285 e. The van der Waals surface area contributed by atoms with E-state index in [0.717, 1.165) is 68.7 Å². The summed E-state index contributed by atoms with van der Waals surface area (Å²) in [4.78, 5) is 21.5. The van der Waals surface area contributed by atoms with Crippen LogP contribution in [0.1, 0.15) is 60.1 Å². The first-order chi connectivity index (χ1) is 21.1. The lowest BCUT2D eigenvalue weighted by molar-refractivity contribution is -0.0391. The van der Waals surface area contributed by atoms with Crippen LogP contribution in [0.4, 0.5) is 5.82 Å². The minimum absolute atomic E-state index is 0.0155. The van der Waals surface area contributed by atoms with Crippen molar-refractivity contribution in [2.75, 3.05) is 36.8 Å². The summed E-state index contributed by atoms with van der Waals surface area (Å²) in [5.41, 5.74) is 4.15. The van der Waals surface area contributed by atoms with Crippen LogP contribution >= 0.6 is 0 Å². The van der Waals surface area contributed by atoms with Crippen LogP contribution in [-0.2, 0) is 16.6 Å². The van der Waals surface area contributed by atoms with E-state index in [1.807, 2.05) is 0 Å². The van der Waals surface area contributed by atoms with Crippen LogP contribution in [-0.4, -0.2) is 71.4 Å². The Morgan fingerprint density at radius 3 is 2.27 bits per heavy atom. The number of nitrogens with one attached hydrogen (secondary N) is 1. The molecule has 1 saturated heterocycles. The second kappa shape index (κ2) is 11.4. The highest BCUT2D eigenvalue weighted by Crippen LogP contribution is 2.60. The predicted octanol–water partition coefficient (Wildman–Crippen LogP) is 4.15. The van der Waals surface area contributed by atoms with Gasteiger partial charge in [-0.1, -0.05) is 18.2 Å². The van der Waals surface area contributed by atoms with Crippen LogP contribution in [0, 0.1) is 30.1 Å². The molecule has 2 N–H and O–H groups in total. The molecule has 1 aliphatic heterocycles. The van der Waals surface area contributed by atoms with E-state index in [2.05, 4.69) is 54.8 Å². The number of hydrogen-bond donors (Lipinski definition) is 2. The van der Waals surface area contributed by atoms with Crippen molar-refractivity contribution in [2.45, 2.75) is 52.0 Å². The van der Waals surface area contributed by atoms with Gasteiger partial charge in [-0.15, -0.1) is 10.2 Å². The van der Waals surface area contributed by atoms with Gasteiger partial charge in [0.2, 0.25) is 10.0 Å². The number of aromatic nitrogens is 3. The van der Waals surface area contributed by atoms with Gasteiger partial charge in [-0.05, 0) is 104 Å². The first-order valence-electron chi connectivity index (χ1n) is 15.7. The zero-order valence-corrected chi connectivity index (χ0v) is 26.0. The molecule has 1 amide bonds. The van der Waals surface area contributed by atoms with Crippen LogP contribution in [0.5, 0.6) is 5.75 Å². The molecule has 44 heavy (non-hydrogen) atoms. The summed E-state index contributed by atoms with van der Waals surface area (Å²) in [7, 11) is -3.77. The van der Waals surface area contributed by atoms with Crippen LogP contribution in [0.3, 0.4) is 0 Å². The number of pyridine rings is 1. The third kappa shape index (κ3) is 6.17.